The molecule has 9 heteroatoms. The monoisotopic (exact) mass is 415 g/mol. The van der Waals surface area contributed by atoms with E-state index in [0.717, 1.165) is 16.7 Å². The lowest BCUT2D eigenvalue weighted by molar-refractivity contribution is -0.133. The van der Waals surface area contributed by atoms with Crippen molar-refractivity contribution in [1.82, 2.24) is 10.2 Å². The van der Waals surface area contributed by atoms with Crippen LogP contribution >= 0.6 is 0 Å². The number of anilines is 1. The minimum Gasteiger partial charge on any atom is -0.324 e. The van der Waals surface area contributed by atoms with Crippen LogP contribution in [0.3, 0.4) is 0 Å². The highest BCUT2D eigenvalue weighted by Gasteiger charge is 2.49. The maximum Gasteiger partial charge on any atom is 0.325 e. The van der Waals surface area contributed by atoms with Crippen LogP contribution in [0.1, 0.15) is 18.1 Å². The van der Waals surface area contributed by atoms with E-state index in [0.29, 0.717) is 5.56 Å². The fourth-order valence-corrected chi connectivity index (χ4v) is 3.74. The molecule has 8 nitrogen and oxygen atoms in total. The largest absolute Gasteiger partial charge is 0.325 e. The van der Waals surface area contributed by atoms with E-state index in [1.54, 1.807) is 19.1 Å². The smallest absolute Gasteiger partial charge is 0.324 e. The van der Waals surface area contributed by atoms with Gasteiger partial charge in [-0.15, -0.1) is 0 Å². The third-order valence-electron chi connectivity index (χ3n) is 4.75. The molecule has 2 N–H and O–H groups in total. The number of nitrogens with zero attached hydrogens (tertiary/aromatic N) is 1. The Morgan fingerprint density at radius 3 is 2.41 bits per heavy atom. The van der Waals surface area contributed by atoms with E-state index in [1.807, 2.05) is 19.1 Å². The molecule has 0 aliphatic carbocycles. The summed E-state index contributed by atoms with van der Waals surface area (Å²) in [7, 11) is -3.43. The fraction of sp³-hybridized carbons (Fsp3) is 0.250. The number of hydrogen-bond acceptors (Lipinski definition) is 5. The van der Waals surface area contributed by atoms with Gasteiger partial charge in [0.25, 0.3) is 5.91 Å². The number of aryl methyl sites for hydroxylation is 1. The molecular weight excluding hydrogens is 394 g/mol. The molecule has 1 heterocycles. The Hall–Kier alpha value is -3.20. The summed E-state index contributed by atoms with van der Waals surface area (Å²) in [5.41, 5.74) is 0.625. The maximum atomic E-state index is 12.9. The molecular formula is C20H21N3O5S. The Bertz CT molecular complexity index is 1100. The molecule has 2 aromatic carbocycles. The molecule has 4 amide bonds. The van der Waals surface area contributed by atoms with E-state index in [2.05, 4.69) is 10.6 Å². The Morgan fingerprint density at radius 2 is 1.79 bits per heavy atom. The number of sulfone groups is 1. The van der Waals surface area contributed by atoms with Crippen molar-refractivity contribution in [1.29, 1.82) is 0 Å². The molecule has 3 rings (SSSR count). The second-order valence-corrected chi connectivity index (χ2v) is 9.18. The first-order valence-electron chi connectivity index (χ1n) is 8.82. The molecule has 0 radical (unpaired) electrons. The predicted octanol–water partition coefficient (Wildman–Crippen LogP) is 1.80. The van der Waals surface area contributed by atoms with E-state index in [4.69, 9.17) is 0 Å². The van der Waals surface area contributed by atoms with Crippen molar-refractivity contribution in [3.8, 4) is 0 Å². The van der Waals surface area contributed by atoms with Crippen LogP contribution in [0, 0.1) is 6.92 Å². The van der Waals surface area contributed by atoms with Crippen molar-refractivity contribution in [2.75, 3.05) is 18.1 Å². The van der Waals surface area contributed by atoms with E-state index >= 15 is 0 Å². The summed E-state index contributed by atoms with van der Waals surface area (Å²) in [5, 5.41) is 5.16. The molecule has 1 aliphatic heterocycles. The van der Waals surface area contributed by atoms with E-state index < -0.39 is 39.8 Å². The van der Waals surface area contributed by atoms with E-state index in [-0.39, 0.29) is 10.6 Å². The number of nitrogens with one attached hydrogen (secondary N) is 2. The number of rotatable bonds is 5. The number of urea groups is 1. The molecule has 0 aromatic heterocycles. The van der Waals surface area contributed by atoms with Crippen LogP contribution in [0.15, 0.2) is 53.4 Å². The molecule has 1 fully saturated rings. The first kappa shape index (κ1) is 20.5. The van der Waals surface area contributed by atoms with E-state index in [1.165, 1.54) is 24.3 Å². The highest BCUT2D eigenvalue weighted by Crippen LogP contribution is 2.29. The van der Waals surface area contributed by atoms with Crippen molar-refractivity contribution in [2.45, 2.75) is 24.3 Å². The average molecular weight is 415 g/mol. The molecule has 1 saturated heterocycles. The second-order valence-electron chi connectivity index (χ2n) is 7.16. The normalized spacial score (nSPS) is 19.2. The number of carbonyl (C=O) groups excluding carboxylic acids is 3. The van der Waals surface area contributed by atoms with Gasteiger partial charge in [-0.2, -0.15) is 0 Å². The summed E-state index contributed by atoms with van der Waals surface area (Å²) in [4.78, 5) is 38.5. The topological polar surface area (TPSA) is 113 Å². The Morgan fingerprint density at radius 1 is 1.14 bits per heavy atom. The molecule has 0 spiro atoms. The van der Waals surface area contributed by atoms with Crippen LogP contribution in [0.4, 0.5) is 10.5 Å². The van der Waals surface area contributed by atoms with Gasteiger partial charge < -0.3 is 10.6 Å². The van der Waals surface area contributed by atoms with Crippen molar-refractivity contribution in [3.05, 3.63) is 59.7 Å². The Balaban J connectivity index is 1.75. The lowest BCUT2D eigenvalue weighted by atomic mass is 9.91. The molecule has 1 aliphatic rings. The van der Waals surface area contributed by atoms with Crippen LogP contribution in [0.25, 0.3) is 0 Å². The first-order valence-corrected chi connectivity index (χ1v) is 10.7. The molecule has 152 valence electrons. The van der Waals surface area contributed by atoms with Gasteiger partial charge >= 0.3 is 6.03 Å². The van der Waals surface area contributed by atoms with Gasteiger partial charge in [0.1, 0.15) is 12.1 Å². The number of imide groups is 1. The quantitative estimate of drug-likeness (QED) is 0.723. The van der Waals surface area contributed by atoms with Crippen LogP contribution in [-0.2, 0) is 25.0 Å². The van der Waals surface area contributed by atoms with Crippen molar-refractivity contribution in [2.24, 2.45) is 0 Å². The van der Waals surface area contributed by atoms with Gasteiger partial charge in [0.2, 0.25) is 5.91 Å². The zero-order valence-corrected chi connectivity index (χ0v) is 17.0. The van der Waals surface area contributed by atoms with Gasteiger partial charge in [-0.25, -0.2) is 13.2 Å². The van der Waals surface area contributed by atoms with Gasteiger partial charge in [-0.1, -0.05) is 35.9 Å². The van der Waals surface area contributed by atoms with Crippen LogP contribution in [0.5, 0.6) is 0 Å². The number of benzene rings is 2. The minimum atomic E-state index is -3.43. The van der Waals surface area contributed by atoms with Gasteiger partial charge in [-0.05, 0) is 37.6 Å². The molecule has 1 atom stereocenters. The van der Waals surface area contributed by atoms with Crippen LogP contribution in [0.2, 0.25) is 0 Å². The molecule has 0 unspecified atom stereocenters. The van der Waals surface area contributed by atoms with Crippen molar-refractivity contribution < 1.29 is 22.8 Å². The Kier molecular flexibility index (Phi) is 5.18. The van der Waals surface area contributed by atoms with Crippen LogP contribution in [-0.4, -0.2) is 44.0 Å². The second kappa shape index (κ2) is 7.32. The van der Waals surface area contributed by atoms with Crippen molar-refractivity contribution in [3.63, 3.8) is 0 Å². The number of carbonyl (C=O) groups is 3. The predicted molar refractivity (Wildman–Crippen MR) is 107 cm³/mol. The summed E-state index contributed by atoms with van der Waals surface area (Å²) < 4.78 is 23.3. The highest BCUT2D eigenvalue weighted by atomic mass is 32.2. The summed E-state index contributed by atoms with van der Waals surface area (Å²) in [6, 6.07) is 12.3. The van der Waals surface area contributed by atoms with Crippen LogP contribution < -0.4 is 10.6 Å². The maximum absolute atomic E-state index is 12.9. The van der Waals surface area contributed by atoms with Gasteiger partial charge in [-0.3, -0.25) is 14.5 Å². The molecule has 2 aromatic rings. The molecule has 0 bridgehead atoms. The SMILES string of the molecule is Cc1ccc([C@@]2(C)NC(=O)N(CC(=O)Nc3cccc(S(C)(=O)=O)c3)C2=O)cc1. The zero-order chi connectivity index (χ0) is 21.4. The fourth-order valence-electron chi connectivity index (χ4n) is 3.07. The summed E-state index contributed by atoms with van der Waals surface area (Å²) in [6.07, 6.45) is 1.06. The standard InChI is InChI=1S/C20H21N3O5S/c1-13-7-9-14(10-8-13)20(2)18(25)23(19(26)22-20)12-17(24)21-15-5-4-6-16(11-15)29(3,27)28/h4-11H,12H2,1-3H3,(H,21,24)(H,22,26)/t20-/m1/s1. The summed E-state index contributed by atoms with van der Waals surface area (Å²) in [6.45, 7) is 3.01. The first-order chi connectivity index (χ1) is 13.5. The van der Waals surface area contributed by atoms with E-state index in [9.17, 15) is 22.8 Å². The number of amides is 4. The molecule has 0 saturated carbocycles. The minimum absolute atomic E-state index is 0.0530. The summed E-state index contributed by atoms with van der Waals surface area (Å²) in [5.74, 6) is -1.15. The third kappa shape index (κ3) is 4.14. The lowest BCUT2D eigenvalue weighted by Crippen LogP contribution is -2.42. The zero-order valence-electron chi connectivity index (χ0n) is 16.2. The van der Waals surface area contributed by atoms with Gasteiger partial charge in [0.15, 0.2) is 9.84 Å². The lowest BCUT2D eigenvalue weighted by Gasteiger charge is -2.22. The highest BCUT2D eigenvalue weighted by molar-refractivity contribution is 7.90. The third-order valence-corrected chi connectivity index (χ3v) is 5.86. The van der Waals surface area contributed by atoms with Crippen molar-refractivity contribution >= 4 is 33.4 Å². The van der Waals surface area contributed by atoms with Gasteiger partial charge in [0.05, 0.1) is 4.90 Å². The Labute approximate surface area is 168 Å². The van der Waals surface area contributed by atoms with Gasteiger partial charge in [0, 0.05) is 11.9 Å². The summed E-state index contributed by atoms with van der Waals surface area (Å²) >= 11 is 0. The number of hydrogen-bond donors (Lipinski definition) is 2. The molecule has 29 heavy (non-hydrogen) atoms. The average Bonchev–Trinajstić information content (AvgIpc) is 2.86.